The maximum atomic E-state index is 11.7. The Morgan fingerprint density at radius 1 is 1.19 bits per heavy atom. The molecule has 0 bridgehead atoms. The molecule has 0 aliphatic carbocycles. The third-order valence-corrected chi connectivity index (χ3v) is 3.85. The van der Waals surface area contributed by atoms with Crippen molar-refractivity contribution in [3.8, 4) is 11.3 Å². The van der Waals surface area contributed by atoms with Crippen molar-refractivity contribution >= 4 is 32.8 Å². The van der Waals surface area contributed by atoms with Crippen LogP contribution in [0.2, 0.25) is 0 Å². The number of halogens is 1. The third-order valence-electron chi connectivity index (χ3n) is 3.36. The Balaban J connectivity index is 2.41. The fourth-order valence-corrected chi connectivity index (χ4v) is 2.76. The Kier molecular flexibility index (Phi) is 3.43. The summed E-state index contributed by atoms with van der Waals surface area (Å²) in [5.74, 6) is -0.951. The van der Waals surface area contributed by atoms with Crippen molar-refractivity contribution in [3.63, 3.8) is 0 Å². The highest BCUT2D eigenvalue weighted by molar-refractivity contribution is 9.10. The van der Waals surface area contributed by atoms with Gasteiger partial charge in [0.05, 0.1) is 16.8 Å². The first-order valence-corrected chi connectivity index (χ1v) is 7.11. The topological polar surface area (TPSA) is 63.1 Å². The van der Waals surface area contributed by atoms with Gasteiger partial charge in [0.1, 0.15) is 0 Å². The predicted octanol–water partition coefficient (Wildman–Crippen LogP) is 4.07. The molecule has 4 nitrogen and oxygen atoms in total. The van der Waals surface area contributed by atoms with Gasteiger partial charge in [-0.2, -0.15) is 0 Å². The van der Waals surface area contributed by atoms with E-state index in [1.165, 1.54) is 0 Å². The van der Waals surface area contributed by atoms with Gasteiger partial charge in [0.25, 0.3) is 0 Å². The molecule has 3 aromatic rings. The highest BCUT2D eigenvalue weighted by Gasteiger charge is 2.18. The van der Waals surface area contributed by atoms with E-state index in [1.54, 1.807) is 25.4 Å². The molecule has 3 rings (SSSR count). The van der Waals surface area contributed by atoms with Gasteiger partial charge in [-0.25, -0.2) is 9.78 Å². The Morgan fingerprint density at radius 3 is 2.57 bits per heavy atom. The van der Waals surface area contributed by atoms with E-state index in [4.69, 9.17) is 0 Å². The molecular formula is C16H11BrN2O2. The second kappa shape index (κ2) is 5.26. The van der Waals surface area contributed by atoms with Crippen molar-refractivity contribution in [2.45, 2.75) is 6.92 Å². The first kappa shape index (κ1) is 13.7. The number of fused-ring (bicyclic) bond motifs is 1. The minimum Gasteiger partial charge on any atom is -0.478 e. The molecule has 0 spiro atoms. The van der Waals surface area contributed by atoms with E-state index in [0.29, 0.717) is 22.2 Å². The number of hydrogen-bond donors (Lipinski definition) is 1. The lowest BCUT2D eigenvalue weighted by molar-refractivity contribution is 0.0698. The van der Waals surface area contributed by atoms with Gasteiger partial charge in [-0.15, -0.1) is 0 Å². The molecule has 0 aliphatic rings. The molecule has 0 saturated carbocycles. The summed E-state index contributed by atoms with van der Waals surface area (Å²) in [7, 11) is 0. The van der Waals surface area contributed by atoms with Gasteiger partial charge >= 0.3 is 5.97 Å². The highest BCUT2D eigenvalue weighted by atomic mass is 79.9. The lowest BCUT2D eigenvalue weighted by Crippen LogP contribution is -2.05. The van der Waals surface area contributed by atoms with Crippen molar-refractivity contribution in [3.05, 3.63) is 58.3 Å². The first-order valence-electron chi connectivity index (χ1n) is 6.31. The summed E-state index contributed by atoms with van der Waals surface area (Å²) in [6.07, 6.45) is 3.34. The molecule has 0 unspecified atom stereocenters. The molecule has 0 atom stereocenters. The van der Waals surface area contributed by atoms with Gasteiger partial charge in [-0.3, -0.25) is 4.98 Å². The van der Waals surface area contributed by atoms with Crippen molar-refractivity contribution in [1.29, 1.82) is 0 Å². The number of nitrogens with zero attached hydrogens (tertiary/aromatic N) is 2. The Hall–Kier alpha value is -2.27. The van der Waals surface area contributed by atoms with Gasteiger partial charge in [0, 0.05) is 27.8 Å². The van der Waals surface area contributed by atoms with Gasteiger partial charge in [0.2, 0.25) is 0 Å². The van der Waals surface area contributed by atoms with Crippen molar-refractivity contribution in [2.75, 3.05) is 0 Å². The van der Waals surface area contributed by atoms with Crippen LogP contribution in [0, 0.1) is 6.92 Å². The monoisotopic (exact) mass is 342 g/mol. The zero-order valence-corrected chi connectivity index (χ0v) is 12.8. The van der Waals surface area contributed by atoms with Crippen molar-refractivity contribution in [1.82, 2.24) is 9.97 Å². The first-order chi connectivity index (χ1) is 10.1. The average molecular weight is 343 g/mol. The minimum atomic E-state index is -0.951. The normalized spacial score (nSPS) is 10.8. The maximum Gasteiger partial charge on any atom is 0.336 e. The zero-order valence-electron chi connectivity index (χ0n) is 11.2. The van der Waals surface area contributed by atoms with Gasteiger partial charge < -0.3 is 5.11 Å². The van der Waals surface area contributed by atoms with Crippen LogP contribution in [-0.2, 0) is 0 Å². The van der Waals surface area contributed by atoms with Crippen LogP contribution in [0.4, 0.5) is 0 Å². The molecule has 1 N–H and O–H groups in total. The summed E-state index contributed by atoms with van der Waals surface area (Å²) in [5.41, 5.74) is 3.12. The van der Waals surface area contributed by atoms with Crippen LogP contribution >= 0.6 is 15.9 Å². The van der Waals surface area contributed by atoms with Crippen LogP contribution in [0.15, 0.2) is 47.2 Å². The largest absolute Gasteiger partial charge is 0.478 e. The quantitative estimate of drug-likeness (QED) is 0.762. The lowest BCUT2D eigenvalue weighted by atomic mass is 9.98. The van der Waals surface area contributed by atoms with E-state index in [9.17, 15) is 9.90 Å². The second-order valence-electron chi connectivity index (χ2n) is 4.66. The van der Waals surface area contributed by atoms with E-state index >= 15 is 0 Å². The van der Waals surface area contributed by atoms with Crippen LogP contribution < -0.4 is 0 Å². The van der Waals surface area contributed by atoms with E-state index < -0.39 is 5.97 Å². The summed E-state index contributed by atoms with van der Waals surface area (Å²) in [6, 6.07) is 9.11. The molecule has 104 valence electrons. The SMILES string of the molecule is Cc1c(-c2ccncc2)nc2ccc(Br)cc2c1C(=O)O. The Labute approximate surface area is 129 Å². The summed E-state index contributed by atoms with van der Waals surface area (Å²) in [4.78, 5) is 20.3. The Bertz CT molecular complexity index is 848. The molecule has 21 heavy (non-hydrogen) atoms. The smallest absolute Gasteiger partial charge is 0.336 e. The summed E-state index contributed by atoms with van der Waals surface area (Å²) < 4.78 is 0.829. The molecule has 0 aliphatic heterocycles. The maximum absolute atomic E-state index is 11.7. The van der Waals surface area contributed by atoms with Crippen LogP contribution in [-0.4, -0.2) is 21.0 Å². The predicted molar refractivity (Wildman–Crippen MR) is 84.4 cm³/mol. The van der Waals surface area contributed by atoms with E-state index in [1.807, 2.05) is 24.3 Å². The molecular weight excluding hydrogens is 332 g/mol. The van der Waals surface area contributed by atoms with Crippen LogP contribution in [0.3, 0.4) is 0 Å². The van der Waals surface area contributed by atoms with Crippen LogP contribution in [0.25, 0.3) is 22.2 Å². The van der Waals surface area contributed by atoms with E-state index in [-0.39, 0.29) is 5.56 Å². The summed E-state index contributed by atoms with van der Waals surface area (Å²) in [6.45, 7) is 1.78. The number of aromatic carboxylic acids is 1. The standard InChI is InChI=1S/C16H11BrN2O2/c1-9-14(16(20)21)12-8-11(17)2-3-13(12)19-15(9)10-4-6-18-7-5-10/h2-8H,1H3,(H,20,21). The number of benzene rings is 1. The Morgan fingerprint density at radius 2 is 1.90 bits per heavy atom. The molecule has 0 amide bonds. The lowest BCUT2D eigenvalue weighted by Gasteiger charge is -2.12. The zero-order chi connectivity index (χ0) is 15.0. The molecule has 0 radical (unpaired) electrons. The molecule has 1 aromatic carbocycles. The molecule has 0 fully saturated rings. The fraction of sp³-hybridized carbons (Fsp3) is 0.0625. The van der Waals surface area contributed by atoms with Crippen LogP contribution in [0.1, 0.15) is 15.9 Å². The number of pyridine rings is 2. The molecule has 2 aromatic heterocycles. The molecule has 5 heteroatoms. The number of carboxylic acids is 1. The van der Waals surface area contributed by atoms with Gasteiger partial charge in [-0.1, -0.05) is 15.9 Å². The van der Waals surface area contributed by atoms with Crippen molar-refractivity contribution in [2.24, 2.45) is 0 Å². The van der Waals surface area contributed by atoms with Crippen LogP contribution in [0.5, 0.6) is 0 Å². The third kappa shape index (κ3) is 2.40. The minimum absolute atomic E-state index is 0.285. The van der Waals surface area contributed by atoms with E-state index in [2.05, 4.69) is 25.9 Å². The number of aromatic nitrogens is 2. The number of carbonyl (C=O) groups is 1. The van der Waals surface area contributed by atoms with Crippen molar-refractivity contribution < 1.29 is 9.90 Å². The molecule has 0 saturated heterocycles. The molecule has 2 heterocycles. The number of carboxylic acid groups (broad SMARTS) is 1. The fourth-order valence-electron chi connectivity index (χ4n) is 2.40. The summed E-state index contributed by atoms with van der Waals surface area (Å²) >= 11 is 3.37. The highest BCUT2D eigenvalue weighted by Crippen LogP contribution is 2.30. The average Bonchev–Trinajstić information content (AvgIpc) is 2.47. The van der Waals surface area contributed by atoms with Gasteiger partial charge in [0.15, 0.2) is 0 Å². The number of rotatable bonds is 2. The second-order valence-corrected chi connectivity index (χ2v) is 5.58. The van der Waals surface area contributed by atoms with E-state index in [0.717, 1.165) is 10.0 Å². The number of hydrogen-bond acceptors (Lipinski definition) is 3. The summed E-state index contributed by atoms with van der Waals surface area (Å²) in [5, 5.41) is 10.2. The van der Waals surface area contributed by atoms with Gasteiger partial charge in [-0.05, 0) is 42.8 Å².